The summed E-state index contributed by atoms with van der Waals surface area (Å²) in [5, 5.41) is 0.618. The minimum Gasteiger partial charge on any atom is -0.441 e. The summed E-state index contributed by atoms with van der Waals surface area (Å²) in [6, 6.07) is 12.6. The van der Waals surface area contributed by atoms with Crippen molar-refractivity contribution in [2.45, 2.75) is 12.8 Å². The highest BCUT2D eigenvalue weighted by molar-refractivity contribution is 6.30. The molecule has 0 aliphatic rings. The SMILES string of the molecule is O=C(CCc1ncc(-c2ccc(Cl)cc2)o1)NNC(=O)c1ccccc1F. The number of carbonyl (C=O) groups excluding carboxylic acids is 2. The van der Waals surface area contributed by atoms with Crippen LogP contribution in [0, 0.1) is 5.82 Å². The molecule has 0 aliphatic carbocycles. The molecule has 0 fully saturated rings. The number of rotatable bonds is 5. The van der Waals surface area contributed by atoms with E-state index in [1.807, 2.05) is 0 Å². The third-order valence-electron chi connectivity index (χ3n) is 3.68. The van der Waals surface area contributed by atoms with Crippen LogP contribution in [0.25, 0.3) is 11.3 Å². The summed E-state index contributed by atoms with van der Waals surface area (Å²) >= 11 is 5.85. The smallest absolute Gasteiger partial charge is 0.272 e. The lowest BCUT2D eigenvalue weighted by Gasteiger charge is -2.07. The lowest BCUT2D eigenvalue weighted by atomic mass is 10.2. The average molecular weight is 388 g/mol. The van der Waals surface area contributed by atoms with Crippen molar-refractivity contribution in [1.29, 1.82) is 0 Å². The van der Waals surface area contributed by atoms with Crippen LogP contribution in [0.1, 0.15) is 22.7 Å². The Hall–Kier alpha value is -3.19. The summed E-state index contributed by atoms with van der Waals surface area (Å²) in [5.74, 6) is -0.905. The van der Waals surface area contributed by atoms with Gasteiger partial charge in [0.25, 0.3) is 5.91 Å². The number of nitrogens with zero attached hydrogens (tertiary/aromatic N) is 1. The number of amides is 2. The van der Waals surface area contributed by atoms with Crippen LogP contribution in [0.4, 0.5) is 4.39 Å². The first-order chi connectivity index (χ1) is 13.0. The molecule has 2 N–H and O–H groups in total. The second-order valence-corrected chi connectivity index (χ2v) is 6.04. The number of hydrogen-bond donors (Lipinski definition) is 2. The minimum absolute atomic E-state index is 0.0398. The molecule has 0 saturated heterocycles. The fraction of sp³-hybridized carbons (Fsp3) is 0.105. The number of hydrogen-bond acceptors (Lipinski definition) is 4. The maximum Gasteiger partial charge on any atom is 0.272 e. The molecule has 1 aromatic heterocycles. The molecule has 2 amide bonds. The van der Waals surface area contributed by atoms with Gasteiger partial charge in [-0.3, -0.25) is 20.4 Å². The molecule has 1 heterocycles. The Bertz CT molecular complexity index is 957. The van der Waals surface area contributed by atoms with E-state index in [2.05, 4.69) is 15.8 Å². The molecule has 2 aromatic carbocycles. The zero-order chi connectivity index (χ0) is 19.2. The van der Waals surface area contributed by atoms with E-state index >= 15 is 0 Å². The van der Waals surface area contributed by atoms with E-state index in [4.69, 9.17) is 16.0 Å². The highest BCUT2D eigenvalue weighted by Crippen LogP contribution is 2.22. The quantitative estimate of drug-likeness (QED) is 0.656. The molecule has 6 nitrogen and oxygen atoms in total. The summed E-state index contributed by atoms with van der Waals surface area (Å²) in [6.07, 6.45) is 1.85. The van der Waals surface area contributed by atoms with Gasteiger partial charge >= 0.3 is 0 Å². The van der Waals surface area contributed by atoms with Gasteiger partial charge in [0, 0.05) is 23.4 Å². The maximum atomic E-state index is 13.5. The molecule has 27 heavy (non-hydrogen) atoms. The van der Waals surface area contributed by atoms with Crippen LogP contribution in [0.2, 0.25) is 5.02 Å². The summed E-state index contributed by atoms with van der Waals surface area (Å²) < 4.78 is 19.1. The van der Waals surface area contributed by atoms with Crippen LogP contribution in [-0.2, 0) is 11.2 Å². The zero-order valence-electron chi connectivity index (χ0n) is 14.0. The van der Waals surface area contributed by atoms with Crippen molar-refractivity contribution >= 4 is 23.4 Å². The molecule has 138 valence electrons. The molecule has 0 aliphatic heterocycles. The van der Waals surface area contributed by atoms with Gasteiger partial charge in [0.05, 0.1) is 11.8 Å². The number of aryl methyl sites for hydroxylation is 1. The standard InChI is InChI=1S/C19H15ClFN3O3/c20-13-7-5-12(6-8-13)16-11-22-18(27-16)10-9-17(25)23-24-19(26)14-3-1-2-4-15(14)21/h1-8,11H,9-10H2,(H,23,25)(H,24,26). The molecule has 0 atom stereocenters. The van der Waals surface area contributed by atoms with E-state index in [-0.39, 0.29) is 18.4 Å². The van der Waals surface area contributed by atoms with Gasteiger partial charge in [-0.1, -0.05) is 23.7 Å². The Morgan fingerprint density at radius 2 is 1.81 bits per heavy atom. The van der Waals surface area contributed by atoms with Crippen molar-refractivity contribution in [3.63, 3.8) is 0 Å². The first kappa shape index (κ1) is 18.6. The van der Waals surface area contributed by atoms with E-state index in [9.17, 15) is 14.0 Å². The molecule has 3 aromatic rings. The Kier molecular flexibility index (Phi) is 5.83. The molecular formula is C19H15ClFN3O3. The lowest BCUT2D eigenvalue weighted by Crippen LogP contribution is -2.42. The fourth-order valence-corrected chi connectivity index (χ4v) is 2.42. The van der Waals surface area contributed by atoms with E-state index in [1.165, 1.54) is 18.2 Å². The van der Waals surface area contributed by atoms with Gasteiger partial charge < -0.3 is 4.42 Å². The molecule has 0 spiro atoms. The number of oxazole rings is 1. The molecule has 0 unspecified atom stereocenters. The Morgan fingerprint density at radius 3 is 2.56 bits per heavy atom. The average Bonchev–Trinajstić information content (AvgIpc) is 3.14. The minimum atomic E-state index is -0.734. The van der Waals surface area contributed by atoms with Crippen molar-refractivity contribution in [3.05, 3.63) is 77.0 Å². The highest BCUT2D eigenvalue weighted by atomic mass is 35.5. The molecule has 0 saturated carbocycles. The fourth-order valence-electron chi connectivity index (χ4n) is 2.30. The van der Waals surface area contributed by atoms with Crippen molar-refractivity contribution in [1.82, 2.24) is 15.8 Å². The van der Waals surface area contributed by atoms with Crippen LogP contribution in [-0.4, -0.2) is 16.8 Å². The Balaban J connectivity index is 1.49. The van der Waals surface area contributed by atoms with Gasteiger partial charge in [-0.25, -0.2) is 9.37 Å². The van der Waals surface area contributed by atoms with Crippen molar-refractivity contribution in [2.24, 2.45) is 0 Å². The van der Waals surface area contributed by atoms with Crippen LogP contribution < -0.4 is 10.9 Å². The molecule has 3 rings (SSSR count). The summed E-state index contributed by atoms with van der Waals surface area (Å²) in [5.41, 5.74) is 5.07. The van der Waals surface area contributed by atoms with Gasteiger partial charge in [0.2, 0.25) is 5.91 Å². The summed E-state index contributed by atoms with van der Waals surface area (Å²) in [7, 11) is 0. The molecule has 0 radical (unpaired) electrons. The Labute approximate surface area is 159 Å². The number of benzene rings is 2. The molecular weight excluding hydrogens is 373 g/mol. The predicted molar refractivity (Wildman–Crippen MR) is 97.3 cm³/mol. The number of hydrazine groups is 1. The number of aromatic nitrogens is 1. The third-order valence-corrected chi connectivity index (χ3v) is 3.93. The van der Waals surface area contributed by atoms with E-state index in [0.717, 1.165) is 11.6 Å². The van der Waals surface area contributed by atoms with Crippen molar-refractivity contribution in [2.75, 3.05) is 0 Å². The highest BCUT2D eigenvalue weighted by Gasteiger charge is 2.13. The first-order valence-electron chi connectivity index (χ1n) is 8.07. The molecule has 8 heteroatoms. The normalized spacial score (nSPS) is 10.4. The maximum absolute atomic E-state index is 13.5. The molecule has 0 bridgehead atoms. The number of carbonyl (C=O) groups is 2. The number of halogens is 2. The van der Waals surface area contributed by atoms with Gasteiger partial charge in [-0.2, -0.15) is 0 Å². The zero-order valence-corrected chi connectivity index (χ0v) is 14.8. The second-order valence-electron chi connectivity index (χ2n) is 5.61. The van der Waals surface area contributed by atoms with Gasteiger partial charge in [0.15, 0.2) is 11.7 Å². The van der Waals surface area contributed by atoms with E-state index in [0.29, 0.717) is 16.7 Å². The lowest BCUT2D eigenvalue weighted by molar-refractivity contribution is -0.121. The van der Waals surface area contributed by atoms with E-state index < -0.39 is 17.6 Å². The van der Waals surface area contributed by atoms with Crippen molar-refractivity contribution < 1.29 is 18.4 Å². The largest absolute Gasteiger partial charge is 0.441 e. The second kappa shape index (κ2) is 8.46. The topological polar surface area (TPSA) is 84.2 Å². The van der Waals surface area contributed by atoms with Crippen LogP contribution >= 0.6 is 11.6 Å². The third kappa shape index (κ3) is 4.92. The van der Waals surface area contributed by atoms with Crippen LogP contribution in [0.5, 0.6) is 0 Å². The monoisotopic (exact) mass is 387 g/mol. The van der Waals surface area contributed by atoms with Gasteiger partial charge in [-0.15, -0.1) is 0 Å². The van der Waals surface area contributed by atoms with Crippen LogP contribution in [0.3, 0.4) is 0 Å². The number of nitrogens with one attached hydrogen (secondary N) is 2. The predicted octanol–water partition coefficient (Wildman–Crippen LogP) is 3.53. The van der Waals surface area contributed by atoms with E-state index in [1.54, 1.807) is 30.5 Å². The summed E-state index contributed by atoms with van der Waals surface area (Å²) in [6.45, 7) is 0. The summed E-state index contributed by atoms with van der Waals surface area (Å²) in [4.78, 5) is 27.8. The first-order valence-corrected chi connectivity index (χ1v) is 8.45. The Morgan fingerprint density at radius 1 is 1.07 bits per heavy atom. The van der Waals surface area contributed by atoms with Crippen LogP contribution in [0.15, 0.2) is 59.1 Å². The van der Waals surface area contributed by atoms with Crippen molar-refractivity contribution in [3.8, 4) is 11.3 Å². The van der Waals surface area contributed by atoms with Gasteiger partial charge in [0.1, 0.15) is 5.82 Å². The van der Waals surface area contributed by atoms with Gasteiger partial charge in [-0.05, 0) is 36.4 Å².